The molecule has 0 aliphatic heterocycles. The number of carboxylic acid groups (broad SMARTS) is 1. The quantitative estimate of drug-likeness (QED) is 0.136. The van der Waals surface area contributed by atoms with Gasteiger partial charge in [-0.2, -0.15) is 0 Å². The molecule has 0 fully saturated rings. The molecule has 0 saturated heterocycles. The number of aliphatic hydroxyl groups excluding tert-OH is 1. The smallest absolute Gasteiger partial charge is 0.331 e. The van der Waals surface area contributed by atoms with Crippen LogP contribution in [0.5, 0.6) is 0 Å². The van der Waals surface area contributed by atoms with Crippen LogP contribution >= 0.6 is 0 Å². The zero-order valence-electron chi connectivity index (χ0n) is 17.4. The van der Waals surface area contributed by atoms with E-state index >= 15 is 0 Å². The topological polar surface area (TPSA) is 83.8 Å². The second-order valence-electron chi connectivity index (χ2n) is 7.36. The summed E-state index contributed by atoms with van der Waals surface area (Å²) in [5.74, 6) is -1.48. The van der Waals surface area contributed by atoms with Gasteiger partial charge in [0, 0.05) is 6.42 Å². The first-order valence-corrected chi connectivity index (χ1v) is 10.8. The Morgan fingerprint density at radius 2 is 1.37 bits per heavy atom. The number of rotatable bonds is 18. The van der Waals surface area contributed by atoms with Crippen LogP contribution in [0.3, 0.4) is 0 Å². The number of hydrogen-bond acceptors (Lipinski definition) is 4. The average Bonchev–Trinajstić information content (AvgIpc) is 2.59. The van der Waals surface area contributed by atoms with E-state index in [2.05, 4.69) is 13.8 Å². The van der Waals surface area contributed by atoms with E-state index in [-0.39, 0.29) is 12.2 Å². The fourth-order valence-corrected chi connectivity index (χ4v) is 3.01. The van der Waals surface area contributed by atoms with E-state index in [0.717, 1.165) is 44.6 Å². The van der Waals surface area contributed by atoms with E-state index in [0.29, 0.717) is 12.8 Å². The number of carbonyl (C=O) groups excluding carboxylic acids is 1. The molecular formula is C22H40O5. The third kappa shape index (κ3) is 17.8. The van der Waals surface area contributed by atoms with Crippen molar-refractivity contribution < 1.29 is 24.5 Å². The Morgan fingerprint density at radius 1 is 0.852 bits per heavy atom. The molecule has 1 unspecified atom stereocenters. The van der Waals surface area contributed by atoms with Crippen molar-refractivity contribution in [3.05, 3.63) is 11.8 Å². The van der Waals surface area contributed by atoms with Gasteiger partial charge in [0.15, 0.2) is 0 Å². The summed E-state index contributed by atoms with van der Waals surface area (Å²) in [7, 11) is 0. The summed E-state index contributed by atoms with van der Waals surface area (Å²) < 4.78 is 5.19. The summed E-state index contributed by atoms with van der Waals surface area (Å²) >= 11 is 0. The highest BCUT2D eigenvalue weighted by Gasteiger charge is 2.14. The molecule has 0 spiro atoms. The molecule has 2 N–H and O–H groups in total. The maximum Gasteiger partial charge on any atom is 0.331 e. The second kappa shape index (κ2) is 18.0. The minimum atomic E-state index is -1.11. The van der Waals surface area contributed by atoms with Gasteiger partial charge < -0.3 is 14.9 Å². The van der Waals surface area contributed by atoms with Crippen LogP contribution in [0.15, 0.2) is 11.8 Å². The normalized spacial score (nSPS) is 12.8. The monoisotopic (exact) mass is 384 g/mol. The fourth-order valence-electron chi connectivity index (χ4n) is 3.01. The van der Waals surface area contributed by atoms with Crippen LogP contribution in [0.4, 0.5) is 0 Å². The minimum absolute atomic E-state index is 0.0849. The van der Waals surface area contributed by atoms with E-state index in [4.69, 9.17) is 9.84 Å². The Kier molecular flexibility index (Phi) is 17.1. The number of unbranched alkanes of at least 4 members (excludes halogenated alkanes) is 10. The van der Waals surface area contributed by atoms with Gasteiger partial charge in [-0.1, -0.05) is 84.5 Å². The number of esters is 1. The largest absolute Gasteiger partial charge is 0.478 e. The Labute approximate surface area is 165 Å². The summed E-state index contributed by atoms with van der Waals surface area (Å²) in [6.45, 7) is 4.29. The molecule has 0 aliphatic carbocycles. The van der Waals surface area contributed by atoms with Crippen LogP contribution < -0.4 is 0 Å². The highest BCUT2D eigenvalue weighted by molar-refractivity contribution is 5.81. The lowest BCUT2D eigenvalue weighted by Gasteiger charge is -2.12. The Bertz CT molecular complexity index is 417. The Morgan fingerprint density at radius 3 is 1.93 bits per heavy atom. The third-order valence-electron chi connectivity index (χ3n) is 4.60. The first kappa shape index (κ1) is 25.6. The third-order valence-corrected chi connectivity index (χ3v) is 4.60. The predicted molar refractivity (Wildman–Crippen MR) is 108 cm³/mol. The molecule has 0 aromatic carbocycles. The van der Waals surface area contributed by atoms with Crippen LogP contribution in [0.2, 0.25) is 0 Å². The van der Waals surface area contributed by atoms with E-state index < -0.39 is 18.0 Å². The van der Waals surface area contributed by atoms with Crippen LogP contribution in [0.1, 0.15) is 110 Å². The fraction of sp³-hybridized carbons (Fsp3) is 0.818. The average molecular weight is 385 g/mol. The van der Waals surface area contributed by atoms with E-state index in [9.17, 15) is 14.7 Å². The first-order chi connectivity index (χ1) is 13.0. The molecule has 0 aromatic heterocycles. The van der Waals surface area contributed by atoms with E-state index in [1.54, 1.807) is 0 Å². The molecule has 0 saturated carbocycles. The van der Waals surface area contributed by atoms with Crippen molar-refractivity contribution >= 4 is 11.9 Å². The molecule has 0 heterocycles. The zero-order chi connectivity index (χ0) is 20.3. The summed E-state index contributed by atoms with van der Waals surface area (Å²) in [6, 6.07) is 0. The van der Waals surface area contributed by atoms with Crippen molar-refractivity contribution in [1.29, 1.82) is 0 Å². The van der Waals surface area contributed by atoms with Gasteiger partial charge in [0.05, 0.1) is 18.6 Å². The molecule has 5 nitrogen and oxygen atoms in total. The molecule has 27 heavy (non-hydrogen) atoms. The number of aliphatic carboxylic acids is 1. The number of hydrogen-bond donors (Lipinski definition) is 2. The lowest BCUT2D eigenvalue weighted by atomic mass is 10.1. The highest BCUT2D eigenvalue weighted by Crippen LogP contribution is 2.16. The number of ether oxygens (including phenoxy) is 1. The maximum absolute atomic E-state index is 11.9. The molecule has 0 rings (SSSR count). The van der Waals surface area contributed by atoms with Crippen LogP contribution in [-0.4, -0.2) is 28.3 Å². The highest BCUT2D eigenvalue weighted by atomic mass is 16.5. The van der Waals surface area contributed by atoms with Crippen molar-refractivity contribution in [3.63, 3.8) is 0 Å². The minimum Gasteiger partial charge on any atom is -0.478 e. The molecule has 0 radical (unpaired) electrons. The van der Waals surface area contributed by atoms with Crippen molar-refractivity contribution in [3.8, 4) is 0 Å². The molecule has 0 aliphatic rings. The van der Waals surface area contributed by atoms with Crippen molar-refractivity contribution in [2.75, 3.05) is 0 Å². The first-order valence-electron chi connectivity index (χ1n) is 10.8. The number of carboxylic acids is 1. The Hall–Kier alpha value is -1.36. The maximum atomic E-state index is 11.9. The molecule has 0 aromatic rings. The van der Waals surface area contributed by atoms with Gasteiger partial charge in [-0.15, -0.1) is 0 Å². The van der Waals surface area contributed by atoms with E-state index in [1.807, 2.05) is 0 Å². The van der Waals surface area contributed by atoms with E-state index in [1.165, 1.54) is 38.5 Å². The van der Waals surface area contributed by atoms with Gasteiger partial charge >= 0.3 is 11.9 Å². The summed E-state index contributed by atoms with van der Waals surface area (Å²) in [5.41, 5.74) is 0. The molecule has 0 bridgehead atoms. The molecule has 0 amide bonds. The lowest BCUT2D eigenvalue weighted by molar-refractivity contribution is -0.142. The van der Waals surface area contributed by atoms with Crippen molar-refractivity contribution in [2.24, 2.45) is 0 Å². The standard InChI is InChI=1S/C22H40O5/c1-3-5-7-8-9-10-11-12-14-16-20(18-21(24)25)27-22(26)17-19(23)15-13-6-4-2/h18-19,23H,3-17H2,1-2H3,(H,24,25). The number of carbonyl (C=O) groups is 2. The van der Waals surface area contributed by atoms with Gasteiger partial charge in [-0.3, -0.25) is 4.79 Å². The number of aliphatic hydroxyl groups is 1. The SMILES string of the molecule is CCCCCCCCCCCC(=CC(=O)O)OC(=O)CC(O)CCCCC. The summed E-state index contributed by atoms with van der Waals surface area (Å²) in [6.07, 6.45) is 14.7. The Balaban J connectivity index is 4.04. The predicted octanol–water partition coefficient (Wildman–Crippen LogP) is 5.75. The van der Waals surface area contributed by atoms with Gasteiger partial charge in [0.1, 0.15) is 5.76 Å². The van der Waals surface area contributed by atoms with Crippen molar-refractivity contribution in [1.82, 2.24) is 0 Å². The lowest BCUT2D eigenvalue weighted by Crippen LogP contribution is -2.16. The number of allylic oxidation sites excluding steroid dienone is 1. The van der Waals surface area contributed by atoms with Gasteiger partial charge in [-0.05, 0) is 12.8 Å². The summed E-state index contributed by atoms with van der Waals surface area (Å²) in [5, 5.41) is 18.8. The van der Waals surface area contributed by atoms with Gasteiger partial charge in [0.25, 0.3) is 0 Å². The molecule has 5 heteroatoms. The van der Waals surface area contributed by atoms with Crippen molar-refractivity contribution in [2.45, 2.75) is 116 Å². The van der Waals surface area contributed by atoms with Crippen LogP contribution in [0, 0.1) is 0 Å². The second-order valence-corrected chi connectivity index (χ2v) is 7.36. The van der Waals surface area contributed by atoms with Gasteiger partial charge in [-0.25, -0.2) is 4.79 Å². The van der Waals surface area contributed by atoms with Gasteiger partial charge in [0.2, 0.25) is 0 Å². The molecule has 1 atom stereocenters. The molecular weight excluding hydrogens is 344 g/mol. The summed E-state index contributed by atoms with van der Waals surface area (Å²) in [4.78, 5) is 22.9. The zero-order valence-corrected chi connectivity index (χ0v) is 17.4. The van der Waals surface area contributed by atoms with Crippen LogP contribution in [-0.2, 0) is 14.3 Å². The molecule has 158 valence electrons. The van der Waals surface area contributed by atoms with Crippen LogP contribution in [0.25, 0.3) is 0 Å².